The van der Waals surface area contributed by atoms with Crippen molar-refractivity contribution in [1.82, 2.24) is 14.9 Å². The molecule has 0 saturated heterocycles. The summed E-state index contributed by atoms with van der Waals surface area (Å²) in [6.07, 6.45) is 7.00. The third-order valence-electron chi connectivity index (χ3n) is 1.13. The minimum absolute atomic E-state index is 0. The van der Waals surface area contributed by atoms with Gasteiger partial charge in [0.15, 0.2) is 0 Å². The van der Waals surface area contributed by atoms with Crippen molar-refractivity contribution in [3.63, 3.8) is 0 Å². The number of halogens is 1. The maximum Gasteiger partial charge on any atom is 0.0267 e. The zero-order chi connectivity index (χ0) is 12.1. The summed E-state index contributed by atoms with van der Waals surface area (Å²) in [4.78, 5) is 9.57. The van der Waals surface area contributed by atoms with E-state index >= 15 is 0 Å². The Labute approximate surface area is 141 Å². The summed E-state index contributed by atoms with van der Waals surface area (Å²) in [7, 11) is 6.00. The molecule has 0 bridgehead atoms. The van der Waals surface area contributed by atoms with Crippen LogP contribution in [0.4, 0.5) is 0 Å². The number of nitrogens with zero attached hydrogens (tertiary/aromatic N) is 3. The van der Waals surface area contributed by atoms with Gasteiger partial charge in [0.25, 0.3) is 0 Å². The van der Waals surface area contributed by atoms with Crippen molar-refractivity contribution in [1.29, 1.82) is 0 Å². The van der Waals surface area contributed by atoms with E-state index < -0.39 is 0 Å². The topological polar surface area (TPSA) is 29.0 Å². The molecule has 0 saturated carbocycles. The van der Waals surface area contributed by atoms with E-state index in [9.17, 15) is 0 Å². The molecule has 0 atom stereocenters. The van der Waals surface area contributed by atoms with Crippen molar-refractivity contribution in [2.75, 3.05) is 21.1 Å². The standard InChI is InChI=1S/2C5H5N.C3H9N.HI.Pt/c2*1-2-4-6-5-3-1;1-4(2)3;;/h2*1-5H;1-3H3;1H;. The number of aromatic nitrogens is 2. The summed E-state index contributed by atoms with van der Waals surface area (Å²) < 4.78 is 0. The molecular weight excluding hydrogens is 520 g/mol. The fourth-order valence-electron chi connectivity index (χ4n) is 0.625. The number of hydrogen-bond donors (Lipinski definition) is 0. The number of rotatable bonds is 0. The first-order valence-electron chi connectivity index (χ1n) is 5.04. The van der Waals surface area contributed by atoms with Gasteiger partial charge in [-0.05, 0) is 45.4 Å². The van der Waals surface area contributed by atoms with Crippen molar-refractivity contribution < 1.29 is 21.1 Å². The van der Waals surface area contributed by atoms with Crippen LogP contribution in [0.5, 0.6) is 0 Å². The van der Waals surface area contributed by atoms with Gasteiger partial charge in [0.1, 0.15) is 0 Å². The molecule has 5 heteroatoms. The van der Waals surface area contributed by atoms with E-state index in [1.807, 2.05) is 62.4 Å². The monoisotopic (exact) mass is 540 g/mol. The molecule has 0 aliphatic heterocycles. The molecule has 0 fully saturated rings. The molecule has 2 aromatic rings. The molecule has 0 N–H and O–H groups in total. The molecule has 0 radical (unpaired) electrons. The van der Waals surface area contributed by atoms with Gasteiger partial charge in [0.2, 0.25) is 0 Å². The van der Waals surface area contributed by atoms with E-state index in [0.29, 0.717) is 0 Å². The van der Waals surface area contributed by atoms with Crippen LogP contribution in [0, 0.1) is 0 Å². The van der Waals surface area contributed by atoms with Crippen LogP contribution in [0.15, 0.2) is 61.2 Å². The Balaban J connectivity index is -0.000000182. The molecule has 3 nitrogen and oxygen atoms in total. The second-order valence-electron chi connectivity index (χ2n) is 3.39. The SMILES string of the molecule is CN(C)C.I.[Pt].c1ccncc1.c1ccncc1. The van der Waals surface area contributed by atoms with Crippen LogP contribution < -0.4 is 0 Å². The van der Waals surface area contributed by atoms with E-state index in [1.165, 1.54) is 0 Å². The van der Waals surface area contributed by atoms with Crippen LogP contribution in [0.1, 0.15) is 0 Å². The first kappa shape index (κ1) is 22.8. The van der Waals surface area contributed by atoms with Crippen molar-refractivity contribution in [3.8, 4) is 0 Å². The van der Waals surface area contributed by atoms with Gasteiger partial charge in [-0.15, -0.1) is 24.0 Å². The molecular formula is C13H20IN3Pt. The van der Waals surface area contributed by atoms with Crippen LogP contribution in [-0.2, 0) is 21.1 Å². The molecule has 2 rings (SSSR count). The van der Waals surface area contributed by atoms with Gasteiger partial charge in [0.05, 0.1) is 0 Å². The van der Waals surface area contributed by atoms with Gasteiger partial charge in [-0.3, -0.25) is 9.97 Å². The zero-order valence-corrected chi connectivity index (χ0v) is 15.4. The van der Waals surface area contributed by atoms with E-state index in [-0.39, 0.29) is 45.0 Å². The van der Waals surface area contributed by atoms with Crippen molar-refractivity contribution in [2.45, 2.75) is 0 Å². The third-order valence-corrected chi connectivity index (χ3v) is 1.13. The molecule has 0 aliphatic rings. The fraction of sp³-hybridized carbons (Fsp3) is 0.231. The minimum Gasteiger partial charge on any atom is -0.312 e. The Kier molecular flexibility index (Phi) is 24.1. The fourth-order valence-corrected chi connectivity index (χ4v) is 0.625. The summed E-state index contributed by atoms with van der Waals surface area (Å²) in [6, 6.07) is 11.4. The average molecular weight is 540 g/mol. The van der Waals surface area contributed by atoms with E-state index in [4.69, 9.17) is 0 Å². The van der Waals surface area contributed by atoms with E-state index in [2.05, 4.69) is 9.97 Å². The first-order valence-corrected chi connectivity index (χ1v) is 5.04. The smallest absolute Gasteiger partial charge is 0.0267 e. The number of pyridine rings is 2. The first-order chi connectivity index (χ1) is 7.73. The van der Waals surface area contributed by atoms with Crippen LogP contribution in [0.25, 0.3) is 0 Å². The Morgan fingerprint density at radius 1 is 0.611 bits per heavy atom. The van der Waals surface area contributed by atoms with Gasteiger partial charge in [-0.25, -0.2) is 0 Å². The molecule has 0 unspecified atom stereocenters. The third kappa shape index (κ3) is 24.8. The molecule has 0 aromatic carbocycles. The second-order valence-corrected chi connectivity index (χ2v) is 3.39. The molecule has 2 heterocycles. The molecule has 2 aromatic heterocycles. The van der Waals surface area contributed by atoms with Crippen LogP contribution >= 0.6 is 24.0 Å². The van der Waals surface area contributed by atoms with Gasteiger partial charge in [-0.2, -0.15) is 0 Å². The molecule has 104 valence electrons. The Morgan fingerprint density at radius 2 is 0.833 bits per heavy atom. The van der Waals surface area contributed by atoms with Crippen LogP contribution in [0.3, 0.4) is 0 Å². The summed E-state index contributed by atoms with van der Waals surface area (Å²) in [5.41, 5.74) is 0. The minimum atomic E-state index is 0. The van der Waals surface area contributed by atoms with Crippen molar-refractivity contribution in [2.24, 2.45) is 0 Å². The Hall–Kier alpha value is -0.322. The van der Waals surface area contributed by atoms with Gasteiger partial charge in [0, 0.05) is 45.9 Å². The zero-order valence-electron chi connectivity index (χ0n) is 10.8. The quantitative estimate of drug-likeness (QED) is 0.482. The molecule has 18 heavy (non-hydrogen) atoms. The van der Waals surface area contributed by atoms with Gasteiger partial charge >= 0.3 is 0 Å². The molecule has 0 spiro atoms. The summed E-state index contributed by atoms with van der Waals surface area (Å²) in [6.45, 7) is 0. The average Bonchev–Trinajstić information content (AvgIpc) is 2.34. The number of hydrogen-bond acceptors (Lipinski definition) is 3. The Bertz CT molecular complexity index is 232. The normalized spacial score (nSPS) is 7.33. The van der Waals surface area contributed by atoms with Gasteiger partial charge in [-0.1, -0.05) is 12.1 Å². The van der Waals surface area contributed by atoms with Crippen molar-refractivity contribution in [3.05, 3.63) is 61.2 Å². The summed E-state index contributed by atoms with van der Waals surface area (Å²) >= 11 is 0. The van der Waals surface area contributed by atoms with E-state index in [1.54, 1.807) is 24.8 Å². The van der Waals surface area contributed by atoms with Crippen LogP contribution in [-0.4, -0.2) is 36.0 Å². The van der Waals surface area contributed by atoms with E-state index in [0.717, 1.165) is 0 Å². The van der Waals surface area contributed by atoms with Gasteiger partial charge < -0.3 is 4.90 Å². The predicted molar refractivity (Wildman–Crippen MR) is 83.5 cm³/mol. The second kappa shape index (κ2) is 19.0. The Morgan fingerprint density at radius 3 is 0.889 bits per heavy atom. The summed E-state index contributed by atoms with van der Waals surface area (Å²) in [5.74, 6) is 0. The predicted octanol–water partition coefficient (Wildman–Crippen LogP) is 2.96. The summed E-state index contributed by atoms with van der Waals surface area (Å²) in [5, 5.41) is 0. The maximum atomic E-state index is 3.78. The largest absolute Gasteiger partial charge is 0.312 e. The van der Waals surface area contributed by atoms with Crippen molar-refractivity contribution >= 4 is 24.0 Å². The van der Waals surface area contributed by atoms with Crippen LogP contribution in [0.2, 0.25) is 0 Å². The maximum absolute atomic E-state index is 3.78. The molecule has 0 amide bonds. The molecule has 0 aliphatic carbocycles.